The van der Waals surface area contributed by atoms with E-state index in [1.807, 2.05) is 13.0 Å². The Hall–Kier alpha value is -2.29. The first-order valence-electron chi connectivity index (χ1n) is 8.28. The van der Waals surface area contributed by atoms with Gasteiger partial charge in [-0.25, -0.2) is 0 Å². The highest BCUT2D eigenvalue weighted by atomic mass is 16.5. The van der Waals surface area contributed by atoms with Crippen molar-refractivity contribution >= 4 is 5.91 Å². The molecule has 1 unspecified atom stereocenters. The Labute approximate surface area is 137 Å². The van der Waals surface area contributed by atoms with Gasteiger partial charge in [0, 0.05) is 18.9 Å². The van der Waals surface area contributed by atoms with Crippen LogP contribution in [-0.4, -0.2) is 19.6 Å². The van der Waals surface area contributed by atoms with Crippen LogP contribution >= 0.6 is 0 Å². The van der Waals surface area contributed by atoms with E-state index in [-0.39, 0.29) is 5.91 Å². The molecule has 0 spiro atoms. The van der Waals surface area contributed by atoms with Gasteiger partial charge < -0.3 is 10.1 Å². The van der Waals surface area contributed by atoms with Crippen molar-refractivity contribution in [1.82, 2.24) is 5.32 Å². The van der Waals surface area contributed by atoms with Crippen molar-refractivity contribution in [2.75, 3.05) is 13.7 Å². The maximum absolute atomic E-state index is 11.7. The van der Waals surface area contributed by atoms with Crippen molar-refractivity contribution in [3.63, 3.8) is 0 Å². The summed E-state index contributed by atoms with van der Waals surface area (Å²) >= 11 is 0. The van der Waals surface area contributed by atoms with Gasteiger partial charge >= 0.3 is 0 Å². The Morgan fingerprint density at radius 2 is 1.91 bits per heavy atom. The monoisotopic (exact) mass is 309 g/mol. The molecule has 0 bridgehead atoms. The van der Waals surface area contributed by atoms with E-state index in [4.69, 9.17) is 4.74 Å². The topological polar surface area (TPSA) is 38.3 Å². The lowest BCUT2D eigenvalue weighted by atomic mass is 9.93. The summed E-state index contributed by atoms with van der Waals surface area (Å²) in [4.78, 5) is 11.7. The largest absolute Gasteiger partial charge is 0.497 e. The molecule has 3 nitrogen and oxygen atoms in total. The van der Waals surface area contributed by atoms with Gasteiger partial charge in [-0.3, -0.25) is 4.79 Å². The fourth-order valence-corrected chi connectivity index (χ4v) is 3.40. The van der Waals surface area contributed by atoms with E-state index in [0.717, 1.165) is 18.6 Å². The first-order chi connectivity index (χ1) is 11.2. The SMILES string of the molecule is CCCC(=O)NCCC1c2ccccc2-c2ccc(OC)cc21. The highest BCUT2D eigenvalue weighted by Gasteiger charge is 2.28. The van der Waals surface area contributed by atoms with Crippen LogP contribution in [0.1, 0.15) is 43.2 Å². The molecule has 0 heterocycles. The number of carbonyl (C=O) groups is 1. The second-order valence-corrected chi connectivity index (χ2v) is 5.98. The lowest BCUT2D eigenvalue weighted by Crippen LogP contribution is -2.25. The van der Waals surface area contributed by atoms with Gasteiger partial charge in [0.2, 0.25) is 5.91 Å². The zero-order chi connectivity index (χ0) is 16.2. The molecule has 1 N–H and O–H groups in total. The van der Waals surface area contributed by atoms with Crippen LogP contribution in [0.3, 0.4) is 0 Å². The lowest BCUT2D eigenvalue weighted by molar-refractivity contribution is -0.121. The van der Waals surface area contributed by atoms with E-state index in [9.17, 15) is 4.79 Å². The number of amides is 1. The highest BCUT2D eigenvalue weighted by Crippen LogP contribution is 2.47. The molecule has 1 aliphatic carbocycles. The van der Waals surface area contributed by atoms with Crippen LogP contribution in [0, 0.1) is 0 Å². The van der Waals surface area contributed by atoms with Gasteiger partial charge in [0.15, 0.2) is 0 Å². The highest BCUT2D eigenvalue weighted by molar-refractivity contribution is 5.79. The number of nitrogens with one attached hydrogen (secondary N) is 1. The van der Waals surface area contributed by atoms with E-state index in [1.165, 1.54) is 22.3 Å². The molecule has 3 heteroatoms. The van der Waals surface area contributed by atoms with Gasteiger partial charge in [0.1, 0.15) is 5.75 Å². The minimum absolute atomic E-state index is 0.143. The molecule has 1 atom stereocenters. The quantitative estimate of drug-likeness (QED) is 0.872. The zero-order valence-electron chi connectivity index (χ0n) is 13.8. The van der Waals surface area contributed by atoms with Crippen LogP contribution in [-0.2, 0) is 4.79 Å². The lowest BCUT2D eigenvalue weighted by Gasteiger charge is -2.15. The summed E-state index contributed by atoms with van der Waals surface area (Å²) in [5.41, 5.74) is 5.23. The Kier molecular flexibility index (Phi) is 4.65. The smallest absolute Gasteiger partial charge is 0.219 e. The standard InChI is InChI=1S/C20H23NO2/c1-3-6-20(22)21-12-11-18-16-8-5-4-7-15(16)17-10-9-14(23-2)13-19(17)18/h4-5,7-10,13,18H,3,6,11-12H2,1-2H3,(H,21,22). The normalized spacial score (nSPS) is 15.0. The summed E-state index contributed by atoms with van der Waals surface area (Å²) in [6, 6.07) is 14.8. The molecule has 2 aromatic rings. The molecule has 0 saturated carbocycles. The predicted octanol–water partition coefficient (Wildman–Crippen LogP) is 4.11. The summed E-state index contributed by atoms with van der Waals surface area (Å²) in [6.45, 7) is 2.73. The number of ether oxygens (including phenoxy) is 1. The van der Waals surface area contributed by atoms with Gasteiger partial charge in [0.25, 0.3) is 0 Å². The Bertz CT molecular complexity index is 709. The van der Waals surface area contributed by atoms with Crippen LogP contribution < -0.4 is 10.1 Å². The van der Waals surface area contributed by atoms with Crippen molar-refractivity contribution < 1.29 is 9.53 Å². The third kappa shape index (κ3) is 3.09. The second-order valence-electron chi connectivity index (χ2n) is 5.98. The molecular formula is C20H23NO2. The summed E-state index contributed by atoms with van der Waals surface area (Å²) in [6.07, 6.45) is 2.40. The fourth-order valence-electron chi connectivity index (χ4n) is 3.40. The molecule has 1 aliphatic rings. The van der Waals surface area contributed by atoms with Gasteiger partial charge in [0.05, 0.1) is 7.11 Å². The van der Waals surface area contributed by atoms with E-state index in [0.29, 0.717) is 18.9 Å². The van der Waals surface area contributed by atoms with Gasteiger partial charge in [-0.2, -0.15) is 0 Å². The maximum atomic E-state index is 11.7. The summed E-state index contributed by atoms with van der Waals surface area (Å²) in [7, 11) is 1.70. The van der Waals surface area contributed by atoms with Gasteiger partial charge in [-0.15, -0.1) is 0 Å². The molecule has 120 valence electrons. The molecule has 0 aromatic heterocycles. The molecule has 1 amide bonds. The van der Waals surface area contributed by atoms with Crippen LogP contribution in [0.5, 0.6) is 5.75 Å². The van der Waals surface area contributed by atoms with E-state index < -0.39 is 0 Å². The number of rotatable bonds is 6. The maximum Gasteiger partial charge on any atom is 0.219 e. The molecule has 2 aromatic carbocycles. The predicted molar refractivity (Wildman–Crippen MR) is 92.8 cm³/mol. The summed E-state index contributed by atoms with van der Waals surface area (Å²) in [5, 5.41) is 3.03. The first-order valence-corrected chi connectivity index (χ1v) is 8.28. The molecule has 0 radical (unpaired) electrons. The van der Waals surface area contributed by atoms with Crippen molar-refractivity contribution in [2.24, 2.45) is 0 Å². The fraction of sp³-hybridized carbons (Fsp3) is 0.350. The van der Waals surface area contributed by atoms with E-state index >= 15 is 0 Å². The molecule has 3 rings (SSSR count). The molecule has 0 saturated heterocycles. The Balaban J connectivity index is 1.83. The van der Waals surface area contributed by atoms with Crippen molar-refractivity contribution in [2.45, 2.75) is 32.1 Å². The Morgan fingerprint density at radius 3 is 2.70 bits per heavy atom. The number of carbonyl (C=O) groups excluding carboxylic acids is 1. The van der Waals surface area contributed by atoms with Crippen molar-refractivity contribution in [3.05, 3.63) is 53.6 Å². The number of methoxy groups -OCH3 is 1. The third-order valence-corrected chi connectivity index (χ3v) is 4.49. The van der Waals surface area contributed by atoms with Crippen LogP contribution in [0.15, 0.2) is 42.5 Å². The van der Waals surface area contributed by atoms with Gasteiger partial charge in [-0.1, -0.05) is 37.3 Å². The second kappa shape index (κ2) is 6.86. The Morgan fingerprint density at radius 1 is 1.13 bits per heavy atom. The number of hydrogen-bond donors (Lipinski definition) is 1. The first kappa shape index (κ1) is 15.6. The van der Waals surface area contributed by atoms with Crippen LogP contribution in [0.25, 0.3) is 11.1 Å². The van der Waals surface area contributed by atoms with Gasteiger partial charge in [-0.05, 0) is 47.2 Å². The number of hydrogen-bond acceptors (Lipinski definition) is 2. The average Bonchev–Trinajstić information content (AvgIpc) is 2.89. The average molecular weight is 309 g/mol. The minimum atomic E-state index is 0.143. The summed E-state index contributed by atoms with van der Waals surface area (Å²) in [5.74, 6) is 1.35. The molecular weight excluding hydrogens is 286 g/mol. The molecule has 23 heavy (non-hydrogen) atoms. The van der Waals surface area contributed by atoms with Crippen molar-refractivity contribution in [1.29, 1.82) is 0 Å². The summed E-state index contributed by atoms with van der Waals surface area (Å²) < 4.78 is 5.39. The molecule has 0 aliphatic heterocycles. The number of fused-ring (bicyclic) bond motifs is 3. The zero-order valence-corrected chi connectivity index (χ0v) is 13.8. The van der Waals surface area contributed by atoms with E-state index in [1.54, 1.807) is 7.11 Å². The third-order valence-electron chi connectivity index (χ3n) is 4.49. The molecule has 0 fully saturated rings. The van der Waals surface area contributed by atoms with E-state index in [2.05, 4.69) is 41.7 Å². The number of benzene rings is 2. The van der Waals surface area contributed by atoms with Crippen LogP contribution in [0.4, 0.5) is 0 Å². The minimum Gasteiger partial charge on any atom is -0.497 e. The van der Waals surface area contributed by atoms with Crippen LogP contribution in [0.2, 0.25) is 0 Å². The van der Waals surface area contributed by atoms with Crippen molar-refractivity contribution in [3.8, 4) is 16.9 Å².